The predicted molar refractivity (Wildman–Crippen MR) is 91.7 cm³/mol. The number of aromatic nitrogens is 2. The molecular weight excluding hydrogens is 288 g/mol. The summed E-state index contributed by atoms with van der Waals surface area (Å²) in [4.78, 5) is 18.5. The molecule has 0 radical (unpaired) electrons. The molecule has 4 aromatic rings. The molecule has 0 unspecified atom stereocenters. The number of carbonyl (C=O) groups excluding carboxylic acids is 1. The minimum absolute atomic E-state index is 0.237. The van der Waals surface area contributed by atoms with E-state index < -0.39 is 0 Å². The number of hydrogen-bond donors (Lipinski definition) is 3. The summed E-state index contributed by atoms with van der Waals surface area (Å²) in [7, 11) is 0. The van der Waals surface area contributed by atoms with Crippen molar-refractivity contribution in [2.45, 2.75) is 0 Å². The average molecular weight is 302 g/mol. The number of carbonyl (C=O) groups is 1. The van der Waals surface area contributed by atoms with Crippen LogP contribution in [0.4, 0.5) is 0 Å². The molecule has 112 valence electrons. The Morgan fingerprint density at radius 1 is 0.913 bits per heavy atom. The fraction of sp³-hybridized carbons (Fsp3) is 0. The highest BCUT2D eigenvalue weighted by Crippen LogP contribution is 2.18. The first-order valence-corrected chi connectivity index (χ1v) is 7.28. The van der Waals surface area contributed by atoms with E-state index in [2.05, 4.69) is 20.5 Å². The highest BCUT2D eigenvalue weighted by molar-refractivity contribution is 6.07. The van der Waals surface area contributed by atoms with E-state index in [0.29, 0.717) is 5.56 Å². The lowest BCUT2D eigenvalue weighted by Crippen LogP contribution is -2.17. The van der Waals surface area contributed by atoms with Crippen molar-refractivity contribution in [3.05, 3.63) is 72.1 Å². The van der Waals surface area contributed by atoms with Gasteiger partial charge in [0, 0.05) is 39.8 Å². The molecule has 2 aromatic heterocycles. The normalized spacial score (nSPS) is 11.5. The fourth-order valence-corrected chi connectivity index (χ4v) is 2.68. The Morgan fingerprint density at radius 3 is 2.39 bits per heavy atom. The van der Waals surface area contributed by atoms with Crippen molar-refractivity contribution in [3.8, 4) is 0 Å². The third kappa shape index (κ3) is 2.38. The van der Waals surface area contributed by atoms with Crippen molar-refractivity contribution in [1.82, 2.24) is 15.4 Å². The van der Waals surface area contributed by atoms with Crippen LogP contribution in [0.25, 0.3) is 21.8 Å². The largest absolute Gasteiger partial charge is 0.361 e. The van der Waals surface area contributed by atoms with Gasteiger partial charge in [0.2, 0.25) is 0 Å². The highest BCUT2D eigenvalue weighted by atomic mass is 16.2. The molecule has 0 aliphatic carbocycles. The number of nitrogens with zero attached hydrogens (tertiary/aromatic N) is 1. The maximum atomic E-state index is 12.3. The molecule has 0 saturated heterocycles. The number of hydrogen-bond acceptors (Lipinski definition) is 2. The number of nitrogens with one attached hydrogen (secondary N) is 3. The molecule has 3 N–H and O–H groups in total. The molecule has 5 nitrogen and oxygen atoms in total. The van der Waals surface area contributed by atoms with E-state index in [1.165, 1.54) is 0 Å². The molecule has 5 heteroatoms. The van der Waals surface area contributed by atoms with Crippen molar-refractivity contribution < 1.29 is 4.79 Å². The van der Waals surface area contributed by atoms with Crippen LogP contribution in [0.5, 0.6) is 0 Å². The van der Waals surface area contributed by atoms with E-state index in [1.54, 1.807) is 12.4 Å². The van der Waals surface area contributed by atoms with Gasteiger partial charge in [0.15, 0.2) is 0 Å². The Bertz CT molecular complexity index is 1030. The third-order valence-corrected chi connectivity index (χ3v) is 3.82. The maximum absolute atomic E-state index is 12.3. The zero-order valence-electron chi connectivity index (χ0n) is 12.2. The van der Waals surface area contributed by atoms with Gasteiger partial charge in [0.05, 0.1) is 11.8 Å². The summed E-state index contributed by atoms with van der Waals surface area (Å²) >= 11 is 0. The van der Waals surface area contributed by atoms with Gasteiger partial charge in [-0.25, -0.2) is 5.43 Å². The zero-order valence-corrected chi connectivity index (χ0v) is 12.2. The topological polar surface area (TPSA) is 73.0 Å². The zero-order chi connectivity index (χ0) is 15.6. The predicted octanol–water partition coefficient (Wildman–Crippen LogP) is 3.41. The van der Waals surface area contributed by atoms with Gasteiger partial charge in [-0.3, -0.25) is 4.79 Å². The number of fused-ring (bicyclic) bond motifs is 2. The van der Waals surface area contributed by atoms with Crippen LogP contribution in [0.3, 0.4) is 0 Å². The summed E-state index contributed by atoms with van der Waals surface area (Å²) in [5, 5.41) is 6.02. The Morgan fingerprint density at radius 2 is 1.57 bits per heavy atom. The number of aromatic amines is 2. The van der Waals surface area contributed by atoms with E-state index in [4.69, 9.17) is 0 Å². The molecule has 0 atom stereocenters. The van der Waals surface area contributed by atoms with E-state index in [9.17, 15) is 4.79 Å². The summed E-state index contributed by atoms with van der Waals surface area (Å²) < 4.78 is 0. The van der Waals surface area contributed by atoms with Crippen LogP contribution in [0.15, 0.2) is 66.0 Å². The van der Waals surface area contributed by atoms with E-state index >= 15 is 0 Å². The van der Waals surface area contributed by atoms with E-state index in [1.807, 2.05) is 54.7 Å². The van der Waals surface area contributed by atoms with Crippen LogP contribution in [-0.2, 0) is 0 Å². The summed E-state index contributed by atoms with van der Waals surface area (Å²) in [6.07, 6.45) is 5.21. The van der Waals surface area contributed by atoms with Crippen molar-refractivity contribution in [3.63, 3.8) is 0 Å². The first-order chi connectivity index (χ1) is 11.3. The second kappa shape index (κ2) is 5.46. The molecular formula is C18H14N4O. The van der Waals surface area contributed by atoms with Gasteiger partial charge in [-0.05, 0) is 12.1 Å². The maximum Gasteiger partial charge on any atom is 0.273 e. The number of para-hydroxylation sites is 2. The number of hydrazone groups is 1. The Labute approximate surface area is 132 Å². The van der Waals surface area contributed by atoms with E-state index in [0.717, 1.165) is 27.4 Å². The smallest absolute Gasteiger partial charge is 0.273 e. The Balaban J connectivity index is 1.55. The van der Waals surface area contributed by atoms with Gasteiger partial charge >= 0.3 is 0 Å². The average Bonchev–Trinajstić information content (AvgIpc) is 3.19. The number of rotatable bonds is 3. The second-order valence-corrected chi connectivity index (χ2v) is 5.24. The lowest BCUT2D eigenvalue weighted by Gasteiger charge is -1.97. The van der Waals surface area contributed by atoms with E-state index in [-0.39, 0.29) is 5.91 Å². The number of amides is 1. The molecule has 4 rings (SSSR count). The molecule has 1 amide bonds. The molecule has 0 bridgehead atoms. The summed E-state index contributed by atoms with van der Waals surface area (Å²) in [5.74, 6) is -0.237. The first-order valence-electron chi connectivity index (χ1n) is 7.28. The van der Waals surface area contributed by atoms with Crippen molar-refractivity contribution >= 4 is 33.9 Å². The summed E-state index contributed by atoms with van der Waals surface area (Å²) in [6, 6.07) is 15.6. The highest BCUT2D eigenvalue weighted by Gasteiger charge is 2.10. The minimum Gasteiger partial charge on any atom is -0.361 e. The SMILES string of the molecule is O=C(NN=Cc1c[nH]c2ccccc12)c1c[nH]c2ccccc12. The molecule has 23 heavy (non-hydrogen) atoms. The van der Waals surface area contributed by atoms with Gasteiger partial charge in [0.1, 0.15) is 0 Å². The van der Waals surface area contributed by atoms with Crippen LogP contribution in [0.1, 0.15) is 15.9 Å². The minimum atomic E-state index is -0.237. The van der Waals surface area contributed by atoms with Gasteiger partial charge in [-0.1, -0.05) is 36.4 Å². The molecule has 0 spiro atoms. The molecule has 0 fully saturated rings. The second-order valence-electron chi connectivity index (χ2n) is 5.24. The number of H-pyrrole nitrogens is 2. The molecule has 2 aromatic carbocycles. The Hall–Kier alpha value is -3.34. The number of benzene rings is 2. The van der Waals surface area contributed by atoms with Crippen LogP contribution >= 0.6 is 0 Å². The lowest BCUT2D eigenvalue weighted by molar-refractivity contribution is 0.0957. The van der Waals surface area contributed by atoms with Crippen molar-refractivity contribution in [2.24, 2.45) is 5.10 Å². The van der Waals surface area contributed by atoms with Crippen LogP contribution in [0.2, 0.25) is 0 Å². The molecule has 0 saturated carbocycles. The quantitative estimate of drug-likeness (QED) is 0.394. The van der Waals surface area contributed by atoms with Gasteiger partial charge in [-0.2, -0.15) is 5.10 Å². The Kier molecular flexibility index (Phi) is 3.16. The fourth-order valence-electron chi connectivity index (χ4n) is 2.68. The van der Waals surface area contributed by atoms with Crippen molar-refractivity contribution in [2.75, 3.05) is 0 Å². The monoisotopic (exact) mass is 302 g/mol. The van der Waals surface area contributed by atoms with Gasteiger partial charge < -0.3 is 9.97 Å². The van der Waals surface area contributed by atoms with Crippen LogP contribution in [-0.4, -0.2) is 22.1 Å². The molecule has 0 aliphatic rings. The first kappa shape index (κ1) is 13.3. The van der Waals surface area contributed by atoms with Crippen LogP contribution in [0, 0.1) is 0 Å². The van der Waals surface area contributed by atoms with Gasteiger partial charge in [-0.15, -0.1) is 0 Å². The van der Waals surface area contributed by atoms with Crippen molar-refractivity contribution in [1.29, 1.82) is 0 Å². The summed E-state index contributed by atoms with van der Waals surface area (Å²) in [6.45, 7) is 0. The lowest BCUT2D eigenvalue weighted by atomic mass is 10.2. The third-order valence-electron chi connectivity index (χ3n) is 3.82. The van der Waals surface area contributed by atoms with Crippen LogP contribution < -0.4 is 5.43 Å². The molecule has 2 heterocycles. The standard InChI is InChI=1S/C18H14N4O/c23-18(15-11-20-17-8-4-2-6-14(15)17)22-21-10-12-9-19-16-7-3-1-5-13(12)16/h1-11,19-20H,(H,22,23). The summed E-state index contributed by atoms with van der Waals surface area (Å²) in [5.41, 5.74) is 6.06. The molecule has 0 aliphatic heterocycles. The van der Waals surface area contributed by atoms with Gasteiger partial charge in [0.25, 0.3) is 5.91 Å².